The first-order chi connectivity index (χ1) is 10.5. The molecule has 0 aliphatic carbocycles. The summed E-state index contributed by atoms with van der Waals surface area (Å²) in [6.45, 7) is 1.79. The summed E-state index contributed by atoms with van der Waals surface area (Å²) in [7, 11) is 0. The second kappa shape index (κ2) is 7.61. The van der Waals surface area contributed by atoms with E-state index >= 15 is 0 Å². The monoisotopic (exact) mass is 316 g/mol. The first-order valence-corrected chi connectivity index (χ1v) is 7.29. The van der Waals surface area contributed by atoms with Gasteiger partial charge in [0.05, 0.1) is 13.0 Å². The molecule has 0 fully saturated rings. The van der Waals surface area contributed by atoms with Gasteiger partial charge >= 0.3 is 0 Å². The van der Waals surface area contributed by atoms with Crippen LogP contribution in [0.4, 0.5) is 5.69 Å². The van der Waals surface area contributed by atoms with Crippen LogP contribution in [-0.4, -0.2) is 18.4 Å². The molecule has 2 amide bonds. The zero-order valence-electron chi connectivity index (χ0n) is 12.2. The lowest BCUT2D eigenvalue weighted by molar-refractivity contribution is -0.123. The summed E-state index contributed by atoms with van der Waals surface area (Å²) in [6.07, 6.45) is 0.258. The molecule has 0 aliphatic heterocycles. The molecule has 5 heteroatoms. The van der Waals surface area contributed by atoms with Crippen molar-refractivity contribution in [3.63, 3.8) is 0 Å². The van der Waals surface area contributed by atoms with Gasteiger partial charge in [-0.3, -0.25) is 9.59 Å². The van der Waals surface area contributed by atoms with Crippen LogP contribution in [-0.2, 0) is 16.0 Å². The quantitative estimate of drug-likeness (QED) is 0.891. The molecule has 0 aliphatic rings. The van der Waals surface area contributed by atoms with Gasteiger partial charge in [0, 0.05) is 10.7 Å². The Bertz CT molecular complexity index is 672. The van der Waals surface area contributed by atoms with E-state index in [9.17, 15) is 9.59 Å². The molecule has 0 spiro atoms. The number of benzene rings is 2. The Labute approximate surface area is 134 Å². The van der Waals surface area contributed by atoms with E-state index in [0.717, 1.165) is 11.1 Å². The van der Waals surface area contributed by atoms with Crippen LogP contribution in [0.2, 0.25) is 5.02 Å². The van der Waals surface area contributed by atoms with Crippen LogP contribution >= 0.6 is 11.6 Å². The van der Waals surface area contributed by atoms with E-state index in [1.807, 2.05) is 37.3 Å². The topological polar surface area (TPSA) is 58.2 Å². The number of amides is 2. The fourth-order valence-electron chi connectivity index (χ4n) is 1.98. The van der Waals surface area contributed by atoms with Gasteiger partial charge in [0.25, 0.3) is 0 Å². The number of aryl methyl sites for hydroxylation is 1. The molecular formula is C17H17ClN2O2. The minimum absolute atomic E-state index is 0.0618. The first kappa shape index (κ1) is 16.0. The average Bonchev–Trinajstić information content (AvgIpc) is 2.49. The number of carbonyl (C=O) groups is 2. The van der Waals surface area contributed by atoms with Gasteiger partial charge in [-0.15, -0.1) is 0 Å². The molecule has 0 saturated heterocycles. The molecule has 0 unspecified atom stereocenters. The van der Waals surface area contributed by atoms with Crippen LogP contribution in [0, 0.1) is 6.92 Å². The number of halogens is 1. The summed E-state index contributed by atoms with van der Waals surface area (Å²) >= 11 is 5.86. The van der Waals surface area contributed by atoms with Gasteiger partial charge in [-0.25, -0.2) is 0 Å². The molecule has 22 heavy (non-hydrogen) atoms. The van der Waals surface area contributed by atoms with Crippen LogP contribution in [0.1, 0.15) is 11.1 Å². The highest BCUT2D eigenvalue weighted by Crippen LogP contribution is 2.19. The molecule has 0 bridgehead atoms. The molecule has 0 heterocycles. The molecule has 2 aromatic rings. The Hall–Kier alpha value is -2.33. The van der Waals surface area contributed by atoms with Crippen molar-refractivity contribution in [2.45, 2.75) is 13.3 Å². The maximum absolute atomic E-state index is 11.8. The Morgan fingerprint density at radius 1 is 1.05 bits per heavy atom. The summed E-state index contributed by atoms with van der Waals surface area (Å²) in [5.41, 5.74) is 2.47. The van der Waals surface area contributed by atoms with Crippen molar-refractivity contribution in [3.05, 3.63) is 64.7 Å². The third-order valence-electron chi connectivity index (χ3n) is 3.12. The highest BCUT2D eigenvalue weighted by atomic mass is 35.5. The van der Waals surface area contributed by atoms with Gasteiger partial charge in [0.15, 0.2) is 0 Å². The number of carbonyl (C=O) groups excluding carboxylic acids is 2. The van der Waals surface area contributed by atoms with Crippen molar-refractivity contribution in [2.75, 3.05) is 11.9 Å². The standard InChI is InChI=1S/C17H17ClN2O2/c1-12-9-14(18)7-8-15(12)20-17(22)11-19-16(21)10-13-5-3-2-4-6-13/h2-9H,10-11H2,1H3,(H,19,21)(H,20,22). The Morgan fingerprint density at radius 2 is 1.77 bits per heavy atom. The van der Waals surface area contributed by atoms with E-state index in [1.54, 1.807) is 18.2 Å². The Balaban J connectivity index is 1.81. The average molecular weight is 317 g/mol. The molecule has 0 aromatic heterocycles. The van der Waals surface area contributed by atoms with Gasteiger partial charge in [0.2, 0.25) is 11.8 Å². The highest BCUT2D eigenvalue weighted by molar-refractivity contribution is 6.30. The third-order valence-corrected chi connectivity index (χ3v) is 3.35. The van der Waals surface area contributed by atoms with Gasteiger partial charge in [-0.2, -0.15) is 0 Å². The van der Waals surface area contributed by atoms with Crippen molar-refractivity contribution in [1.29, 1.82) is 0 Å². The minimum atomic E-state index is -0.271. The van der Waals surface area contributed by atoms with E-state index in [0.29, 0.717) is 10.7 Å². The first-order valence-electron chi connectivity index (χ1n) is 6.91. The summed E-state index contributed by atoms with van der Waals surface area (Å²) in [4.78, 5) is 23.6. The molecule has 2 aromatic carbocycles. The fraction of sp³-hybridized carbons (Fsp3) is 0.176. The van der Waals surface area contributed by atoms with E-state index in [2.05, 4.69) is 10.6 Å². The number of anilines is 1. The van der Waals surface area contributed by atoms with E-state index in [4.69, 9.17) is 11.6 Å². The molecular weight excluding hydrogens is 300 g/mol. The molecule has 0 radical (unpaired) electrons. The predicted octanol–water partition coefficient (Wildman–Crippen LogP) is 2.95. The predicted molar refractivity (Wildman–Crippen MR) is 88.0 cm³/mol. The number of hydrogen-bond donors (Lipinski definition) is 2. The smallest absolute Gasteiger partial charge is 0.243 e. The Kier molecular flexibility index (Phi) is 5.55. The van der Waals surface area contributed by atoms with Crippen molar-refractivity contribution >= 4 is 29.1 Å². The second-order valence-corrected chi connectivity index (χ2v) is 5.38. The Morgan fingerprint density at radius 3 is 2.45 bits per heavy atom. The fourth-order valence-corrected chi connectivity index (χ4v) is 2.21. The zero-order valence-corrected chi connectivity index (χ0v) is 13.0. The normalized spacial score (nSPS) is 10.1. The second-order valence-electron chi connectivity index (χ2n) is 4.95. The number of hydrogen-bond acceptors (Lipinski definition) is 2. The maximum atomic E-state index is 11.8. The summed E-state index contributed by atoms with van der Waals surface area (Å²) in [6, 6.07) is 14.6. The van der Waals surface area contributed by atoms with E-state index < -0.39 is 0 Å². The molecule has 0 saturated carbocycles. The van der Waals surface area contributed by atoms with Gasteiger partial charge in [-0.1, -0.05) is 41.9 Å². The number of rotatable bonds is 5. The lowest BCUT2D eigenvalue weighted by atomic mass is 10.1. The summed E-state index contributed by atoms with van der Waals surface area (Å²) < 4.78 is 0. The van der Waals surface area contributed by atoms with E-state index in [-0.39, 0.29) is 24.8 Å². The summed E-state index contributed by atoms with van der Waals surface area (Å²) in [5.74, 6) is -0.457. The summed E-state index contributed by atoms with van der Waals surface area (Å²) in [5, 5.41) is 5.97. The van der Waals surface area contributed by atoms with Crippen LogP contribution in [0.3, 0.4) is 0 Å². The molecule has 114 valence electrons. The van der Waals surface area contributed by atoms with Crippen LogP contribution < -0.4 is 10.6 Å². The molecule has 2 rings (SSSR count). The lowest BCUT2D eigenvalue weighted by Crippen LogP contribution is -2.33. The molecule has 4 nitrogen and oxygen atoms in total. The lowest BCUT2D eigenvalue weighted by Gasteiger charge is -2.09. The van der Waals surface area contributed by atoms with Crippen LogP contribution in [0.15, 0.2) is 48.5 Å². The van der Waals surface area contributed by atoms with Gasteiger partial charge in [0.1, 0.15) is 0 Å². The maximum Gasteiger partial charge on any atom is 0.243 e. The highest BCUT2D eigenvalue weighted by Gasteiger charge is 2.08. The SMILES string of the molecule is Cc1cc(Cl)ccc1NC(=O)CNC(=O)Cc1ccccc1. The van der Waals surface area contributed by atoms with Crippen LogP contribution in [0.5, 0.6) is 0 Å². The van der Waals surface area contributed by atoms with Crippen molar-refractivity contribution < 1.29 is 9.59 Å². The van der Waals surface area contributed by atoms with Crippen molar-refractivity contribution in [2.24, 2.45) is 0 Å². The largest absolute Gasteiger partial charge is 0.347 e. The van der Waals surface area contributed by atoms with Gasteiger partial charge < -0.3 is 10.6 Å². The number of nitrogens with one attached hydrogen (secondary N) is 2. The van der Waals surface area contributed by atoms with E-state index in [1.165, 1.54) is 0 Å². The van der Waals surface area contributed by atoms with Crippen molar-refractivity contribution in [3.8, 4) is 0 Å². The van der Waals surface area contributed by atoms with Crippen molar-refractivity contribution in [1.82, 2.24) is 5.32 Å². The third kappa shape index (κ3) is 4.90. The minimum Gasteiger partial charge on any atom is -0.347 e. The zero-order chi connectivity index (χ0) is 15.9. The van der Waals surface area contributed by atoms with Gasteiger partial charge in [-0.05, 0) is 36.2 Å². The molecule has 2 N–H and O–H groups in total. The molecule has 0 atom stereocenters. The van der Waals surface area contributed by atoms with Crippen LogP contribution in [0.25, 0.3) is 0 Å².